The van der Waals surface area contributed by atoms with Gasteiger partial charge in [-0.25, -0.2) is 4.68 Å². The maximum absolute atomic E-state index is 12.9. The molecule has 1 aliphatic heterocycles. The summed E-state index contributed by atoms with van der Waals surface area (Å²) in [5, 5.41) is 20.0. The smallest absolute Gasteiger partial charge is 0.303 e. The van der Waals surface area contributed by atoms with Gasteiger partial charge in [0.2, 0.25) is 5.91 Å². The van der Waals surface area contributed by atoms with Crippen molar-refractivity contribution in [1.82, 2.24) is 25.2 Å². The van der Waals surface area contributed by atoms with Gasteiger partial charge in [-0.3, -0.25) is 14.6 Å². The van der Waals surface area contributed by atoms with Gasteiger partial charge in [-0.1, -0.05) is 5.21 Å². The molecule has 1 atom stereocenters. The van der Waals surface area contributed by atoms with Gasteiger partial charge in [0.15, 0.2) is 5.96 Å². The average Bonchev–Trinajstić information content (AvgIpc) is 3.08. The average molecular weight is 366 g/mol. The van der Waals surface area contributed by atoms with Crippen LogP contribution in [-0.2, 0) is 16.0 Å². The Bertz CT molecular complexity index is 635. The molecule has 11 nitrogen and oxygen atoms in total. The molecule has 26 heavy (non-hydrogen) atoms. The highest BCUT2D eigenvalue weighted by Gasteiger charge is 2.27. The lowest BCUT2D eigenvalue weighted by molar-refractivity contribution is -0.137. The van der Waals surface area contributed by atoms with Gasteiger partial charge in [0.05, 0.1) is 12.1 Å². The Morgan fingerprint density at radius 1 is 1.35 bits per heavy atom. The van der Waals surface area contributed by atoms with Crippen LogP contribution in [0.15, 0.2) is 11.2 Å². The molecule has 1 amide bonds. The molecule has 0 aromatic carbocycles. The number of aryl methyl sites for hydroxylation is 1. The second-order valence-electron chi connectivity index (χ2n) is 6.12. The lowest BCUT2D eigenvalue weighted by Crippen LogP contribution is -2.48. The number of carbonyl (C=O) groups excluding carboxylic acids is 1. The number of piperazine rings is 1. The molecule has 0 unspecified atom stereocenters. The first kappa shape index (κ1) is 19.6. The summed E-state index contributed by atoms with van der Waals surface area (Å²) >= 11 is 0. The fraction of sp³-hybridized carbons (Fsp3) is 0.667. The first-order chi connectivity index (χ1) is 12.5. The van der Waals surface area contributed by atoms with Crippen molar-refractivity contribution in [2.24, 2.45) is 16.5 Å². The number of rotatable bonds is 9. The highest BCUT2D eigenvalue weighted by Crippen LogP contribution is 2.18. The van der Waals surface area contributed by atoms with E-state index in [0.717, 1.165) is 13.1 Å². The fourth-order valence-electron chi connectivity index (χ4n) is 2.77. The molecule has 11 heteroatoms. The molecule has 6 N–H and O–H groups in total. The molecule has 1 aromatic heterocycles. The fourth-order valence-corrected chi connectivity index (χ4v) is 2.77. The number of nitrogens with one attached hydrogen (secondary N) is 1. The van der Waals surface area contributed by atoms with E-state index in [1.54, 1.807) is 11.1 Å². The van der Waals surface area contributed by atoms with Crippen LogP contribution in [0.2, 0.25) is 0 Å². The van der Waals surface area contributed by atoms with Crippen molar-refractivity contribution in [2.75, 3.05) is 32.7 Å². The van der Waals surface area contributed by atoms with Crippen molar-refractivity contribution >= 4 is 17.8 Å². The Kier molecular flexibility index (Phi) is 7.33. The van der Waals surface area contributed by atoms with Crippen LogP contribution >= 0.6 is 0 Å². The molecule has 1 saturated heterocycles. The maximum Gasteiger partial charge on any atom is 0.303 e. The second-order valence-corrected chi connectivity index (χ2v) is 6.12. The van der Waals surface area contributed by atoms with Crippen molar-refractivity contribution < 1.29 is 14.7 Å². The minimum absolute atomic E-state index is 0.0201. The highest BCUT2D eigenvalue weighted by atomic mass is 16.4. The van der Waals surface area contributed by atoms with E-state index in [9.17, 15) is 9.59 Å². The van der Waals surface area contributed by atoms with E-state index in [4.69, 9.17) is 16.6 Å². The van der Waals surface area contributed by atoms with Crippen LogP contribution in [0, 0.1) is 0 Å². The Labute approximate surface area is 151 Å². The quantitative estimate of drug-likeness (QED) is 0.229. The van der Waals surface area contributed by atoms with E-state index in [0.29, 0.717) is 38.2 Å². The SMILES string of the molecule is NC(N)=NCCC[C@@H](C(=O)N1CCNCC1)n1cc(CCC(=O)O)nn1. The van der Waals surface area contributed by atoms with E-state index in [2.05, 4.69) is 20.6 Å². The number of nitrogens with two attached hydrogens (primary N) is 2. The molecule has 0 bridgehead atoms. The summed E-state index contributed by atoms with van der Waals surface area (Å²) < 4.78 is 1.52. The zero-order valence-electron chi connectivity index (χ0n) is 14.7. The normalized spacial score (nSPS) is 15.5. The lowest BCUT2D eigenvalue weighted by Gasteiger charge is -2.30. The first-order valence-electron chi connectivity index (χ1n) is 8.64. The van der Waals surface area contributed by atoms with Crippen molar-refractivity contribution in [3.8, 4) is 0 Å². The Balaban J connectivity index is 2.07. The maximum atomic E-state index is 12.9. The number of carbonyl (C=O) groups is 2. The van der Waals surface area contributed by atoms with Crippen LogP contribution in [0.5, 0.6) is 0 Å². The lowest BCUT2D eigenvalue weighted by atomic mass is 10.1. The predicted octanol–water partition coefficient (Wildman–Crippen LogP) is -1.68. The zero-order chi connectivity index (χ0) is 18.9. The summed E-state index contributed by atoms with van der Waals surface area (Å²) in [7, 11) is 0. The van der Waals surface area contributed by atoms with Gasteiger partial charge >= 0.3 is 5.97 Å². The number of hydrogen-bond acceptors (Lipinski definition) is 6. The summed E-state index contributed by atoms with van der Waals surface area (Å²) in [5.41, 5.74) is 11.2. The predicted molar refractivity (Wildman–Crippen MR) is 94.4 cm³/mol. The monoisotopic (exact) mass is 366 g/mol. The van der Waals surface area contributed by atoms with Gasteiger partial charge in [-0.2, -0.15) is 0 Å². The molecule has 2 rings (SSSR count). The number of aliphatic imine (C=N–C) groups is 1. The third-order valence-electron chi connectivity index (χ3n) is 4.12. The van der Waals surface area contributed by atoms with Crippen LogP contribution in [0.4, 0.5) is 0 Å². The summed E-state index contributed by atoms with van der Waals surface area (Å²) in [6.45, 7) is 3.23. The van der Waals surface area contributed by atoms with Crippen LogP contribution in [-0.4, -0.2) is 75.6 Å². The number of aliphatic carboxylic acids is 1. The number of amides is 1. The molecule has 0 saturated carbocycles. The summed E-state index contributed by atoms with van der Waals surface area (Å²) in [4.78, 5) is 29.4. The minimum atomic E-state index is -0.898. The second kappa shape index (κ2) is 9.70. The molecular weight excluding hydrogens is 340 g/mol. The van der Waals surface area contributed by atoms with Gasteiger partial charge in [0, 0.05) is 45.3 Å². The first-order valence-corrected chi connectivity index (χ1v) is 8.64. The molecular formula is C15H26N8O3. The molecule has 1 fully saturated rings. The van der Waals surface area contributed by atoms with Crippen molar-refractivity contribution in [3.05, 3.63) is 11.9 Å². The van der Waals surface area contributed by atoms with E-state index in [1.165, 1.54) is 4.68 Å². The number of carboxylic acids is 1. The van der Waals surface area contributed by atoms with E-state index >= 15 is 0 Å². The number of carboxylic acid groups (broad SMARTS) is 1. The van der Waals surface area contributed by atoms with Crippen molar-refractivity contribution in [2.45, 2.75) is 31.7 Å². The molecule has 2 heterocycles. The van der Waals surface area contributed by atoms with Gasteiger partial charge < -0.3 is 26.8 Å². The number of guanidine groups is 1. The number of aromatic nitrogens is 3. The van der Waals surface area contributed by atoms with E-state index in [1.807, 2.05) is 0 Å². The van der Waals surface area contributed by atoms with Crippen LogP contribution in [0.3, 0.4) is 0 Å². The third kappa shape index (κ3) is 5.99. The standard InChI is InChI=1S/C15H26N8O3/c16-15(17)19-5-1-2-12(14(26)22-8-6-18-7-9-22)23-10-11(20-21-23)3-4-13(24)25/h10,12,18H,1-9H2,(H,24,25)(H4,16,17,19)/t12-/m0/s1. The zero-order valence-corrected chi connectivity index (χ0v) is 14.7. The molecule has 0 radical (unpaired) electrons. The Morgan fingerprint density at radius 2 is 2.08 bits per heavy atom. The molecule has 1 aromatic rings. The highest BCUT2D eigenvalue weighted by molar-refractivity contribution is 5.80. The van der Waals surface area contributed by atoms with E-state index < -0.39 is 12.0 Å². The number of hydrogen-bond donors (Lipinski definition) is 4. The Hall–Kier alpha value is -2.69. The third-order valence-corrected chi connectivity index (χ3v) is 4.12. The molecule has 144 valence electrons. The Morgan fingerprint density at radius 3 is 2.73 bits per heavy atom. The van der Waals surface area contributed by atoms with Crippen LogP contribution in [0.1, 0.15) is 31.0 Å². The van der Waals surface area contributed by atoms with Crippen LogP contribution < -0.4 is 16.8 Å². The van der Waals surface area contributed by atoms with Gasteiger partial charge in [-0.05, 0) is 12.8 Å². The molecule has 1 aliphatic rings. The topological polar surface area (TPSA) is 165 Å². The van der Waals surface area contributed by atoms with E-state index in [-0.39, 0.29) is 24.7 Å². The molecule has 0 aliphatic carbocycles. The summed E-state index contributed by atoms with van der Waals surface area (Å²) in [5.74, 6) is -0.900. The van der Waals surface area contributed by atoms with Crippen molar-refractivity contribution in [3.63, 3.8) is 0 Å². The minimum Gasteiger partial charge on any atom is -0.481 e. The summed E-state index contributed by atoms with van der Waals surface area (Å²) in [6.07, 6.45) is 3.03. The van der Waals surface area contributed by atoms with Gasteiger partial charge in [0.25, 0.3) is 0 Å². The largest absolute Gasteiger partial charge is 0.481 e. The molecule has 0 spiro atoms. The number of nitrogens with zero attached hydrogens (tertiary/aromatic N) is 5. The van der Waals surface area contributed by atoms with Crippen LogP contribution in [0.25, 0.3) is 0 Å². The van der Waals surface area contributed by atoms with Gasteiger partial charge in [0.1, 0.15) is 6.04 Å². The summed E-state index contributed by atoms with van der Waals surface area (Å²) in [6, 6.07) is -0.506. The van der Waals surface area contributed by atoms with Gasteiger partial charge in [-0.15, -0.1) is 5.10 Å². The van der Waals surface area contributed by atoms with Crippen molar-refractivity contribution in [1.29, 1.82) is 0 Å².